The second-order valence-corrected chi connectivity index (χ2v) is 8.85. The third-order valence-corrected chi connectivity index (χ3v) is 6.20. The number of nitrogens with one attached hydrogen (secondary N) is 1. The fourth-order valence-electron chi connectivity index (χ4n) is 2.80. The van der Waals surface area contributed by atoms with Crippen LogP contribution in [0.25, 0.3) is 17.1 Å². The monoisotopic (exact) mass is 491 g/mol. The van der Waals surface area contributed by atoms with Crippen molar-refractivity contribution < 1.29 is 9.53 Å². The molecule has 31 heavy (non-hydrogen) atoms. The minimum absolute atomic E-state index is 0.121. The maximum Gasteiger partial charge on any atom is 0.236 e. The summed E-state index contributed by atoms with van der Waals surface area (Å²) in [6.45, 7) is 0. The minimum Gasteiger partial charge on any atom is -0.495 e. The summed E-state index contributed by atoms with van der Waals surface area (Å²) < 4.78 is 7.34. The lowest BCUT2D eigenvalue weighted by Gasteiger charge is -2.14. The van der Waals surface area contributed by atoms with E-state index >= 15 is 0 Å². The van der Waals surface area contributed by atoms with Crippen molar-refractivity contribution in [1.82, 2.24) is 19.7 Å². The summed E-state index contributed by atoms with van der Waals surface area (Å²) in [5, 5.41) is 15.4. The SMILES string of the molecule is COc1ccc(Cl)cc1-n1c(SCC(=O)Nc2nccs2)nnc1-c1cccc(Cl)c1. The molecule has 0 aliphatic heterocycles. The first kappa shape index (κ1) is 21.6. The summed E-state index contributed by atoms with van der Waals surface area (Å²) in [4.78, 5) is 16.4. The van der Waals surface area contributed by atoms with E-state index < -0.39 is 0 Å². The van der Waals surface area contributed by atoms with Crippen LogP contribution in [-0.4, -0.2) is 38.5 Å². The molecule has 0 atom stereocenters. The standard InChI is InChI=1S/C20H15Cl2N5O2S2/c1-29-16-6-5-14(22)10-15(16)27-18(12-3-2-4-13(21)9-12)25-26-20(27)31-11-17(28)24-19-23-7-8-30-19/h2-10H,11H2,1H3,(H,23,24,28). The number of carbonyl (C=O) groups excluding carboxylic acids is 1. The van der Waals surface area contributed by atoms with Gasteiger partial charge in [0.1, 0.15) is 5.75 Å². The van der Waals surface area contributed by atoms with E-state index in [0.717, 1.165) is 5.56 Å². The molecule has 0 fully saturated rings. The maximum atomic E-state index is 12.3. The molecule has 0 aliphatic rings. The maximum absolute atomic E-state index is 12.3. The normalized spacial score (nSPS) is 10.8. The molecule has 0 saturated heterocycles. The zero-order chi connectivity index (χ0) is 21.8. The molecule has 0 unspecified atom stereocenters. The van der Waals surface area contributed by atoms with E-state index in [4.69, 9.17) is 27.9 Å². The first-order valence-corrected chi connectivity index (χ1v) is 11.5. The average molecular weight is 492 g/mol. The molecule has 0 aliphatic carbocycles. The summed E-state index contributed by atoms with van der Waals surface area (Å²) in [6.07, 6.45) is 1.63. The van der Waals surface area contributed by atoms with E-state index in [1.165, 1.54) is 23.1 Å². The lowest BCUT2D eigenvalue weighted by atomic mass is 10.2. The second-order valence-electron chi connectivity index (χ2n) is 6.14. The van der Waals surface area contributed by atoms with Gasteiger partial charge in [0, 0.05) is 27.2 Å². The largest absolute Gasteiger partial charge is 0.495 e. The molecular weight excluding hydrogens is 477 g/mol. The molecule has 4 rings (SSSR count). The predicted molar refractivity (Wildman–Crippen MR) is 125 cm³/mol. The average Bonchev–Trinajstić information content (AvgIpc) is 3.42. The number of hydrogen-bond acceptors (Lipinski definition) is 7. The van der Waals surface area contributed by atoms with Crippen LogP contribution in [0.5, 0.6) is 5.75 Å². The van der Waals surface area contributed by atoms with Gasteiger partial charge in [0.2, 0.25) is 5.91 Å². The fraction of sp³-hybridized carbons (Fsp3) is 0.100. The number of anilines is 1. The van der Waals surface area contributed by atoms with Gasteiger partial charge in [-0.2, -0.15) is 0 Å². The number of nitrogens with zero attached hydrogens (tertiary/aromatic N) is 4. The molecule has 0 spiro atoms. The summed E-state index contributed by atoms with van der Waals surface area (Å²) >= 11 is 15.0. The number of methoxy groups -OCH3 is 1. The Morgan fingerprint density at radius 2 is 2.03 bits per heavy atom. The van der Waals surface area contributed by atoms with Crippen LogP contribution in [0.3, 0.4) is 0 Å². The Balaban J connectivity index is 1.72. The molecule has 0 saturated carbocycles. The number of thiazole rings is 1. The summed E-state index contributed by atoms with van der Waals surface area (Å²) in [6, 6.07) is 12.6. The zero-order valence-corrected chi connectivity index (χ0v) is 19.2. The highest BCUT2D eigenvalue weighted by atomic mass is 35.5. The third-order valence-electron chi connectivity index (χ3n) is 4.11. The molecule has 2 aromatic heterocycles. The Morgan fingerprint density at radius 1 is 1.19 bits per heavy atom. The number of thioether (sulfide) groups is 1. The molecule has 0 bridgehead atoms. The lowest BCUT2D eigenvalue weighted by molar-refractivity contribution is -0.113. The van der Waals surface area contributed by atoms with Crippen LogP contribution in [-0.2, 0) is 4.79 Å². The zero-order valence-electron chi connectivity index (χ0n) is 16.1. The van der Waals surface area contributed by atoms with Crippen molar-refractivity contribution in [2.45, 2.75) is 5.16 Å². The molecule has 0 radical (unpaired) electrons. The van der Waals surface area contributed by atoms with Crippen molar-refractivity contribution in [2.24, 2.45) is 0 Å². The van der Waals surface area contributed by atoms with E-state index in [1.807, 2.05) is 12.1 Å². The van der Waals surface area contributed by atoms with Crippen molar-refractivity contribution >= 4 is 57.3 Å². The summed E-state index contributed by atoms with van der Waals surface area (Å²) in [5.41, 5.74) is 1.42. The van der Waals surface area contributed by atoms with E-state index in [1.54, 1.807) is 53.6 Å². The summed E-state index contributed by atoms with van der Waals surface area (Å²) in [7, 11) is 1.57. The Bertz CT molecular complexity index is 1210. The number of amides is 1. The molecule has 2 heterocycles. The highest BCUT2D eigenvalue weighted by Gasteiger charge is 2.20. The predicted octanol–water partition coefficient (Wildman–Crippen LogP) is 5.44. The smallest absolute Gasteiger partial charge is 0.236 e. The number of benzene rings is 2. The highest BCUT2D eigenvalue weighted by Crippen LogP contribution is 2.34. The van der Waals surface area contributed by atoms with Crippen LogP contribution >= 0.6 is 46.3 Å². The molecule has 1 amide bonds. The number of halogens is 2. The third kappa shape index (κ3) is 5.01. The van der Waals surface area contributed by atoms with Gasteiger partial charge in [-0.05, 0) is 30.3 Å². The first-order chi connectivity index (χ1) is 15.0. The van der Waals surface area contributed by atoms with Gasteiger partial charge in [-0.3, -0.25) is 9.36 Å². The van der Waals surface area contributed by atoms with Gasteiger partial charge < -0.3 is 10.1 Å². The molecule has 158 valence electrons. The van der Waals surface area contributed by atoms with Gasteiger partial charge in [0.25, 0.3) is 0 Å². The van der Waals surface area contributed by atoms with Gasteiger partial charge in [-0.15, -0.1) is 21.5 Å². The topological polar surface area (TPSA) is 81.9 Å². The molecule has 4 aromatic rings. The number of aromatic nitrogens is 4. The van der Waals surface area contributed by atoms with Crippen LogP contribution in [0.1, 0.15) is 0 Å². The lowest BCUT2D eigenvalue weighted by Crippen LogP contribution is -2.14. The second kappa shape index (κ2) is 9.69. The number of ether oxygens (including phenoxy) is 1. The van der Waals surface area contributed by atoms with E-state index in [2.05, 4.69) is 20.5 Å². The van der Waals surface area contributed by atoms with Crippen LogP contribution in [0, 0.1) is 0 Å². The van der Waals surface area contributed by atoms with Crippen molar-refractivity contribution in [3.8, 4) is 22.8 Å². The minimum atomic E-state index is -0.197. The molecule has 7 nitrogen and oxygen atoms in total. The fourth-order valence-corrected chi connectivity index (χ4v) is 4.45. The van der Waals surface area contributed by atoms with Gasteiger partial charge >= 0.3 is 0 Å². The van der Waals surface area contributed by atoms with E-state index in [-0.39, 0.29) is 11.7 Å². The van der Waals surface area contributed by atoms with Crippen molar-refractivity contribution in [3.05, 3.63) is 64.1 Å². The number of carbonyl (C=O) groups is 1. The Kier molecular flexibility index (Phi) is 6.77. The van der Waals surface area contributed by atoms with Gasteiger partial charge in [0.15, 0.2) is 16.1 Å². The Labute approximate surface area is 196 Å². The number of hydrogen-bond donors (Lipinski definition) is 1. The first-order valence-electron chi connectivity index (χ1n) is 8.92. The van der Waals surface area contributed by atoms with Crippen molar-refractivity contribution in [3.63, 3.8) is 0 Å². The molecule has 2 aromatic carbocycles. The van der Waals surface area contributed by atoms with Crippen LogP contribution in [0.15, 0.2) is 59.2 Å². The van der Waals surface area contributed by atoms with Crippen LogP contribution < -0.4 is 10.1 Å². The molecule has 11 heteroatoms. The summed E-state index contributed by atoms with van der Waals surface area (Å²) in [5.74, 6) is 1.06. The van der Waals surface area contributed by atoms with E-state index in [9.17, 15) is 4.79 Å². The van der Waals surface area contributed by atoms with Gasteiger partial charge in [-0.1, -0.05) is 47.1 Å². The van der Waals surface area contributed by atoms with Crippen LogP contribution in [0.4, 0.5) is 5.13 Å². The van der Waals surface area contributed by atoms with Gasteiger partial charge in [-0.25, -0.2) is 4.98 Å². The molecular formula is C20H15Cl2N5O2S2. The molecule has 1 N–H and O–H groups in total. The highest BCUT2D eigenvalue weighted by molar-refractivity contribution is 7.99. The Hall–Kier alpha value is -2.59. The number of rotatable bonds is 7. The van der Waals surface area contributed by atoms with Crippen molar-refractivity contribution in [1.29, 1.82) is 0 Å². The van der Waals surface area contributed by atoms with Gasteiger partial charge in [0.05, 0.1) is 18.6 Å². The van der Waals surface area contributed by atoms with Crippen LogP contribution in [0.2, 0.25) is 10.0 Å². The van der Waals surface area contributed by atoms with Crippen molar-refractivity contribution in [2.75, 3.05) is 18.2 Å². The Morgan fingerprint density at radius 3 is 2.77 bits per heavy atom. The van der Waals surface area contributed by atoms with E-state index in [0.29, 0.717) is 37.6 Å². The quantitative estimate of drug-likeness (QED) is 0.346.